The van der Waals surface area contributed by atoms with E-state index in [4.69, 9.17) is 16.7 Å². The lowest BCUT2D eigenvalue weighted by Crippen LogP contribution is -2.44. The molecule has 5 nitrogen and oxygen atoms in total. The molecule has 1 atom stereocenters. The Labute approximate surface area is 116 Å². The molecule has 1 amide bonds. The van der Waals surface area contributed by atoms with Crippen LogP contribution in [0.4, 0.5) is 0 Å². The highest BCUT2D eigenvalue weighted by Gasteiger charge is 2.28. The molecule has 19 heavy (non-hydrogen) atoms. The summed E-state index contributed by atoms with van der Waals surface area (Å²) in [6.45, 7) is 0.680. The van der Waals surface area contributed by atoms with Crippen LogP contribution in [0.3, 0.4) is 0 Å². The number of aromatic amines is 1. The topological polar surface area (TPSA) is 73.4 Å². The number of carboxylic acid groups (broad SMARTS) is 1. The number of amides is 1. The van der Waals surface area contributed by atoms with E-state index in [2.05, 4.69) is 4.98 Å². The molecule has 0 aliphatic carbocycles. The lowest BCUT2D eigenvalue weighted by Gasteiger charge is -2.35. The average molecular weight is 285 g/mol. The number of halogens is 1. The Morgan fingerprint density at radius 2 is 2.26 bits per heavy atom. The van der Waals surface area contributed by atoms with E-state index in [1.807, 2.05) is 0 Å². The number of H-pyrrole nitrogens is 1. The molecule has 104 valence electrons. The van der Waals surface area contributed by atoms with E-state index in [0.717, 1.165) is 19.3 Å². The van der Waals surface area contributed by atoms with Crippen LogP contribution < -0.4 is 0 Å². The average Bonchev–Trinajstić information content (AvgIpc) is 2.82. The Bertz CT molecular complexity index is 472. The van der Waals surface area contributed by atoms with Crippen molar-refractivity contribution < 1.29 is 14.7 Å². The fraction of sp³-hybridized carbons (Fsp3) is 0.538. The smallest absolute Gasteiger partial charge is 0.303 e. The summed E-state index contributed by atoms with van der Waals surface area (Å²) in [6, 6.07) is 1.62. The zero-order valence-corrected chi connectivity index (χ0v) is 11.3. The van der Waals surface area contributed by atoms with Crippen molar-refractivity contribution in [3.05, 3.63) is 23.0 Å². The number of carboxylic acids is 1. The molecule has 2 N–H and O–H groups in total. The fourth-order valence-corrected chi connectivity index (χ4v) is 2.67. The van der Waals surface area contributed by atoms with Crippen molar-refractivity contribution in [3.63, 3.8) is 0 Å². The number of hydrogen-bond acceptors (Lipinski definition) is 2. The fourth-order valence-electron chi connectivity index (χ4n) is 2.50. The second-order valence-electron chi connectivity index (χ2n) is 4.81. The second-order valence-corrected chi connectivity index (χ2v) is 5.25. The number of hydrogen-bond donors (Lipinski definition) is 2. The third-order valence-corrected chi connectivity index (χ3v) is 3.68. The van der Waals surface area contributed by atoms with Crippen LogP contribution in [-0.4, -0.2) is 39.5 Å². The maximum atomic E-state index is 12.4. The molecule has 1 fully saturated rings. The SMILES string of the molecule is O=C(O)CCC1CCCCN1C(=O)c1cc(Cl)c[nH]1. The van der Waals surface area contributed by atoms with Gasteiger partial charge in [-0.1, -0.05) is 11.6 Å². The predicted molar refractivity (Wildman–Crippen MR) is 71.3 cm³/mol. The predicted octanol–water partition coefficient (Wildman–Crippen LogP) is 2.53. The van der Waals surface area contributed by atoms with E-state index in [1.54, 1.807) is 17.2 Å². The molecule has 0 bridgehead atoms. The zero-order chi connectivity index (χ0) is 13.8. The van der Waals surface area contributed by atoms with Crippen molar-refractivity contribution in [3.8, 4) is 0 Å². The lowest BCUT2D eigenvalue weighted by molar-refractivity contribution is -0.137. The Hall–Kier alpha value is -1.49. The number of nitrogens with zero attached hydrogens (tertiary/aromatic N) is 1. The molecule has 1 saturated heterocycles. The summed E-state index contributed by atoms with van der Waals surface area (Å²) in [5.74, 6) is -0.914. The molecule has 1 aliphatic heterocycles. The minimum atomic E-state index is -0.819. The van der Waals surface area contributed by atoms with Crippen molar-refractivity contribution >= 4 is 23.5 Å². The molecule has 0 radical (unpaired) electrons. The van der Waals surface area contributed by atoms with E-state index in [0.29, 0.717) is 23.7 Å². The van der Waals surface area contributed by atoms with E-state index >= 15 is 0 Å². The monoisotopic (exact) mass is 284 g/mol. The third-order valence-electron chi connectivity index (χ3n) is 3.46. The number of aliphatic carboxylic acids is 1. The van der Waals surface area contributed by atoms with Crippen LogP contribution in [0.5, 0.6) is 0 Å². The van der Waals surface area contributed by atoms with Gasteiger partial charge < -0.3 is 15.0 Å². The second kappa shape index (κ2) is 6.10. The molecule has 1 unspecified atom stereocenters. The molecule has 1 aromatic heterocycles. The normalized spacial score (nSPS) is 19.4. The molecule has 2 rings (SSSR count). The van der Waals surface area contributed by atoms with Crippen molar-refractivity contribution in [1.82, 2.24) is 9.88 Å². The van der Waals surface area contributed by atoms with Gasteiger partial charge in [0, 0.05) is 25.2 Å². The first kappa shape index (κ1) is 13.9. The molecule has 0 aromatic carbocycles. The largest absolute Gasteiger partial charge is 0.481 e. The summed E-state index contributed by atoms with van der Waals surface area (Å²) < 4.78 is 0. The number of aromatic nitrogens is 1. The van der Waals surface area contributed by atoms with Crippen molar-refractivity contribution in [2.24, 2.45) is 0 Å². The molecular weight excluding hydrogens is 268 g/mol. The molecule has 2 heterocycles. The summed E-state index contributed by atoms with van der Waals surface area (Å²) in [4.78, 5) is 27.6. The summed E-state index contributed by atoms with van der Waals surface area (Å²) in [5.41, 5.74) is 0.465. The minimum Gasteiger partial charge on any atom is -0.481 e. The number of piperidine rings is 1. The summed E-state index contributed by atoms with van der Waals surface area (Å²) in [5, 5.41) is 9.26. The molecule has 1 aliphatic rings. The Morgan fingerprint density at radius 3 is 2.89 bits per heavy atom. The first-order valence-electron chi connectivity index (χ1n) is 6.44. The highest BCUT2D eigenvalue weighted by Crippen LogP contribution is 2.23. The van der Waals surface area contributed by atoms with Gasteiger partial charge in [0.15, 0.2) is 0 Å². The van der Waals surface area contributed by atoms with Crippen LogP contribution in [0.25, 0.3) is 0 Å². The molecule has 6 heteroatoms. The van der Waals surface area contributed by atoms with Gasteiger partial charge in [-0.2, -0.15) is 0 Å². The quantitative estimate of drug-likeness (QED) is 0.892. The zero-order valence-electron chi connectivity index (χ0n) is 10.6. The van der Waals surface area contributed by atoms with Gasteiger partial charge in [0.1, 0.15) is 5.69 Å². The molecular formula is C13H17ClN2O3. The van der Waals surface area contributed by atoms with Crippen LogP contribution in [0.2, 0.25) is 5.02 Å². The van der Waals surface area contributed by atoms with Gasteiger partial charge in [-0.05, 0) is 31.7 Å². The van der Waals surface area contributed by atoms with Gasteiger partial charge in [0.05, 0.1) is 5.02 Å². The molecule has 0 spiro atoms. The van der Waals surface area contributed by atoms with Crippen LogP contribution >= 0.6 is 11.6 Å². The van der Waals surface area contributed by atoms with Gasteiger partial charge >= 0.3 is 5.97 Å². The summed E-state index contributed by atoms with van der Waals surface area (Å²) in [7, 11) is 0. The van der Waals surface area contributed by atoms with Gasteiger partial charge in [0.2, 0.25) is 0 Å². The van der Waals surface area contributed by atoms with E-state index < -0.39 is 5.97 Å². The first-order chi connectivity index (χ1) is 9.08. The van der Waals surface area contributed by atoms with Crippen molar-refractivity contribution in [2.45, 2.75) is 38.1 Å². The van der Waals surface area contributed by atoms with E-state index in [1.165, 1.54) is 0 Å². The van der Waals surface area contributed by atoms with Gasteiger partial charge in [-0.3, -0.25) is 9.59 Å². The first-order valence-corrected chi connectivity index (χ1v) is 6.82. The van der Waals surface area contributed by atoms with E-state index in [-0.39, 0.29) is 18.4 Å². The third kappa shape index (κ3) is 3.50. The van der Waals surface area contributed by atoms with Crippen LogP contribution in [0.15, 0.2) is 12.3 Å². The Morgan fingerprint density at radius 1 is 1.47 bits per heavy atom. The number of rotatable bonds is 4. The number of nitrogens with one attached hydrogen (secondary N) is 1. The maximum absolute atomic E-state index is 12.4. The highest BCUT2D eigenvalue weighted by atomic mass is 35.5. The van der Waals surface area contributed by atoms with Gasteiger partial charge in [-0.15, -0.1) is 0 Å². The highest BCUT2D eigenvalue weighted by molar-refractivity contribution is 6.30. The molecule has 1 aromatic rings. The maximum Gasteiger partial charge on any atom is 0.303 e. The van der Waals surface area contributed by atoms with Crippen LogP contribution in [0, 0.1) is 0 Å². The summed E-state index contributed by atoms with van der Waals surface area (Å²) in [6.07, 6.45) is 5.05. The lowest BCUT2D eigenvalue weighted by atomic mass is 9.97. The van der Waals surface area contributed by atoms with E-state index in [9.17, 15) is 9.59 Å². The summed E-state index contributed by atoms with van der Waals surface area (Å²) >= 11 is 5.80. The van der Waals surface area contributed by atoms with Crippen molar-refractivity contribution in [1.29, 1.82) is 0 Å². The minimum absolute atomic E-state index is 0.0134. The van der Waals surface area contributed by atoms with Gasteiger partial charge in [0.25, 0.3) is 5.91 Å². The Balaban J connectivity index is 2.06. The number of likely N-dealkylation sites (tertiary alicyclic amines) is 1. The number of carbonyl (C=O) groups excluding carboxylic acids is 1. The number of carbonyl (C=O) groups is 2. The van der Waals surface area contributed by atoms with Crippen LogP contribution in [0.1, 0.15) is 42.6 Å². The Kier molecular flexibility index (Phi) is 4.47. The molecule has 0 saturated carbocycles. The van der Waals surface area contributed by atoms with Crippen molar-refractivity contribution in [2.75, 3.05) is 6.54 Å². The van der Waals surface area contributed by atoms with Gasteiger partial charge in [-0.25, -0.2) is 0 Å². The van der Waals surface area contributed by atoms with Crippen LogP contribution in [-0.2, 0) is 4.79 Å². The standard InChI is InChI=1S/C13H17ClN2O3/c14-9-7-11(15-8-9)13(19)16-6-2-1-3-10(16)4-5-12(17)18/h7-8,10,15H,1-6H2,(H,17,18).